The third kappa shape index (κ3) is 6.11. The first-order valence-electron chi connectivity index (χ1n) is 12.6. The lowest BCUT2D eigenvalue weighted by Gasteiger charge is -2.42. The predicted octanol–water partition coefficient (Wildman–Crippen LogP) is 3.62. The summed E-state index contributed by atoms with van der Waals surface area (Å²) in [5.41, 5.74) is 6.38. The lowest BCUT2D eigenvalue weighted by atomic mass is 9.72. The van der Waals surface area contributed by atoms with Gasteiger partial charge in [-0.3, -0.25) is 9.59 Å². The zero-order valence-electron chi connectivity index (χ0n) is 20.1. The number of nitrogens with zero attached hydrogens (tertiary/aromatic N) is 1. The molecule has 2 amide bonds. The van der Waals surface area contributed by atoms with Gasteiger partial charge in [-0.25, -0.2) is 4.79 Å². The number of nitrogens with one attached hydrogen (secondary N) is 1. The second-order valence-corrected chi connectivity index (χ2v) is 11.0. The highest BCUT2D eigenvalue weighted by Crippen LogP contribution is 2.37. The summed E-state index contributed by atoms with van der Waals surface area (Å²) in [6.45, 7) is 0.870. The molecule has 1 saturated heterocycles. The number of carboxylic acid groups (broad SMARTS) is 1. The lowest BCUT2D eigenvalue weighted by molar-refractivity contribution is -0.141. The Morgan fingerprint density at radius 3 is 2.46 bits per heavy atom. The molecule has 1 aliphatic heterocycles. The minimum absolute atomic E-state index is 0.0143. The Kier molecular flexibility index (Phi) is 8.23. The maximum Gasteiger partial charge on any atom is 0.335 e. The number of carbonyl (C=O) groups is 3. The molecule has 1 aromatic carbocycles. The van der Waals surface area contributed by atoms with Crippen LogP contribution in [0.5, 0.6) is 0 Å². The number of rotatable bonds is 8. The smallest absolute Gasteiger partial charge is 0.335 e. The third-order valence-corrected chi connectivity index (χ3v) is 8.45. The minimum atomic E-state index is -0.990. The second kappa shape index (κ2) is 11.4. The Hall–Kier alpha value is -2.71. The molecule has 2 aliphatic rings. The monoisotopic (exact) mass is 497 g/mol. The second-order valence-electron chi connectivity index (χ2n) is 9.94. The normalized spacial score (nSPS) is 19.2. The summed E-state index contributed by atoms with van der Waals surface area (Å²) >= 11 is 1.59. The van der Waals surface area contributed by atoms with E-state index in [0.717, 1.165) is 30.6 Å². The Balaban J connectivity index is 1.50. The highest BCUT2D eigenvalue weighted by molar-refractivity contribution is 7.09. The van der Waals surface area contributed by atoms with Crippen LogP contribution in [0, 0.1) is 5.41 Å². The van der Waals surface area contributed by atoms with Gasteiger partial charge in [-0.15, -0.1) is 11.3 Å². The van der Waals surface area contributed by atoms with Crippen molar-refractivity contribution in [1.82, 2.24) is 10.2 Å². The van der Waals surface area contributed by atoms with Gasteiger partial charge in [-0.2, -0.15) is 0 Å². The minimum Gasteiger partial charge on any atom is -0.478 e. The molecule has 1 aliphatic carbocycles. The molecule has 4 rings (SSSR count). The molecule has 1 atom stereocenters. The van der Waals surface area contributed by atoms with Crippen LogP contribution >= 0.6 is 11.3 Å². The molecule has 1 saturated carbocycles. The van der Waals surface area contributed by atoms with Gasteiger partial charge in [0.05, 0.1) is 17.0 Å². The maximum atomic E-state index is 13.7. The first-order valence-corrected chi connectivity index (χ1v) is 13.4. The number of benzene rings is 1. The van der Waals surface area contributed by atoms with Gasteiger partial charge in [-0.05, 0) is 55.2 Å². The maximum absolute atomic E-state index is 13.7. The zero-order chi connectivity index (χ0) is 24.8. The number of hydrogen-bond donors (Lipinski definition) is 3. The first-order chi connectivity index (χ1) is 16.9. The van der Waals surface area contributed by atoms with E-state index >= 15 is 0 Å². The molecule has 0 spiro atoms. The first kappa shape index (κ1) is 25.4. The van der Waals surface area contributed by atoms with Crippen molar-refractivity contribution in [3.8, 4) is 0 Å². The number of nitrogens with two attached hydrogens (primary N) is 1. The van der Waals surface area contributed by atoms with Crippen molar-refractivity contribution in [1.29, 1.82) is 0 Å². The molecule has 4 N–H and O–H groups in total. The molecule has 2 fully saturated rings. The van der Waals surface area contributed by atoms with Crippen LogP contribution in [0.3, 0.4) is 0 Å². The van der Waals surface area contributed by atoms with Gasteiger partial charge in [0, 0.05) is 30.4 Å². The van der Waals surface area contributed by atoms with Crippen molar-refractivity contribution in [3.63, 3.8) is 0 Å². The van der Waals surface area contributed by atoms with Crippen molar-refractivity contribution in [2.24, 2.45) is 11.1 Å². The molecule has 2 heterocycles. The van der Waals surface area contributed by atoms with Crippen molar-refractivity contribution in [3.05, 3.63) is 57.8 Å². The summed E-state index contributed by atoms with van der Waals surface area (Å²) in [5, 5.41) is 14.9. The highest BCUT2D eigenvalue weighted by atomic mass is 32.1. The molecule has 0 bridgehead atoms. The molecule has 7 nitrogen and oxygen atoms in total. The van der Waals surface area contributed by atoms with Crippen molar-refractivity contribution >= 4 is 29.1 Å². The average Bonchev–Trinajstić information content (AvgIpc) is 3.38. The lowest BCUT2D eigenvalue weighted by Crippen LogP contribution is -2.55. The third-order valence-electron chi connectivity index (χ3n) is 7.55. The van der Waals surface area contributed by atoms with Crippen LogP contribution in [0.1, 0.15) is 65.7 Å². The van der Waals surface area contributed by atoms with Crippen LogP contribution in [0.4, 0.5) is 0 Å². The summed E-state index contributed by atoms with van der Waals surface area (Å²) in [6.07, 6.45) is 7.21. The molecular weight excluding hydrogens is 462 g/mol. The molecule has 188 valence electrons. The quantitative estimate of drug-likeness (QED) is 0.516. The van der Waals surface area contributed by atoms with Crippen LogP contribution in [-0.4, -0.2) is 53.0 Å². The van der Waals surface area contributed by atoms with Crippen molar-refractivity contribution < 1.29 is 19.5 Å². The fraction of sp³-hybridized carbons (Fsp3) is 0.519. The topological polar surface area (TPSA) is 113 Å². The number of aromatic carboxylic acids is 1. The molecular formula is C27H35N3O4S. The SMILES string of the molecule is N[C@@H](Cc1cccs1)C(=O)N1CCC(Cc2ccccc2C(=O)O)(C(=O)NC2CCCCC2)CC1. The predicted molar refractivity (Wildman–Crippen MR) is 136 cm³/mol. The number of carboxylic acids is 1. The molecule has 1 aromatic heterocycles. The van der Waals surface area contributed by atoms with Gasteiger partial charge in [0.15, 0.2) is 0 Å². The summed E-state index contributed by atoms with van der Waals surface area (Å²) in [4.78, 5) is 41.4. The number of likely N-dealkylation sites (tertiary alicyclic amines) is 1. The fourth-order valence-corrected chi connectivity index (χ4v) is 6.20. The molecule has 0 unspecified atom stereocenters. The van der Waals surface area contributed by atoms with Crippen molar-refractivity contribution in [2.75, 3.05) is 13.1 Å². The summed E-state index contributed by atoms with van der Waals surface area (Å²) in [5.74, 6) is -1.10. The Labute approximate surface area is 210 Å². The van der Waals surface area contributed by atoms with Gasteiger partial charge in [-0.1, -0.05) is 43.5 Å². The average molecular weight is 498 g/mol. The van der Waals surface area contributed by atoms with E-state index in [2.05, 4.69) is 5.32 Å². The van der Waals surface area contributed by atoms with Crippen LogP contribution in [0.15, 0.2) is 41.8 Å². The van der Waals surface area contributed by atoms with E-state index in [1.807, 2.05) is 23.6 Å². The van der Waals surface area contributed by atoms with E-state index < -0.39 is 17.4 Å². The van der Waals surface area contributed by atoms with Crippen molar-refractivity contribution in [2.45, 2.75) is 69.9 Å². The van der Waals surface area contributed by atoms with Gasteiger partial charge < -0.3 is 21.1 Å². The van der Waals surface area contributed by atoms with Crippen LogP contribution in [0.2, 0.25) is 0 Å². The van der Waals surface area contributed by atoms with Gasteiger partial charge in [0.2, 0.25) is 11.8 Å². The van der Waals surface area contributed by atoms with Gasteiger partial charge in [0.25, 0.3) is 0 Å². The van der Waals surface area contributed by atoms with E-state index in [1.165, 1.54) is 6.42 Å². The number of piperidine rings is 1. The number of thiophene rings is 1. The summed E-state index contributed by atoms with van der Waals surface area (Å²) < 4.78 is 0. The highest BCUT2D eigenvalue weighted by Gasteiger charge is 2.44. The molecule has 2 aromatic rings. The number of amides is 2. The fourth-order valence-electron chi connectivity index (χ4n) is 5.44. The standard InChI is InChI=1S/C27H35N3O4S/c28-23(17-21-10-6-16-35-21)24(31)30-14-12-27(13-15-30,26(34)29-20-8-2-1-3-9-20)18-19-7-4-5-11-22(19)25(32)33/h4-7,10-11,16,20,23H,1-3,8-9,12-15,17-18,28H2,(H,29,34)(H,32,33)/t23-/m0/s1. The van der Waals surface area contributed by atoms with E-state index in [1.54, 1.807) is 34.4 Å². The Morgan fingerprint density at radius 1 is 1.09 bits per heavy atom. The van der Waals surface area contributed by atoms with E-state index in [0.29, 0.717) is 44.3 Å². The summed E-state index contributed by atoms with van der Waals surface area (Å²) in [6, 6.07) is 10.4. The molecule has 35 heavy (non-hydrogen) atoms. The largest absolute Gasteiger partial charge is 0.478 e. The van der Waals surface area contributed by atoms with Crippen LogP contribution in [-0.2, 0) is 22.4 Å². The van der Waals surface area contributed by atoms with Gasteiger partial charge in [0.1, 0.15) is 0 Å². The number of carbonyl (C=O) groups excluding carboxylic acids is 2. The Morgan fingerprint density at radius 2 is 1.80 bits per heavy atom. The van der Waals surface area contributed by atoms with Crippen LogP contribution < -0.4 is 11.1 Å². The molecule has 8 heteroatoms. The van der Waals surface area contributed by atoms with Gasteiger partial charge >= 0.3 is 5.97 Å². The Bertz CT molecular complexity index is 1020. The molecule has 0 radical (unpaired) electrons. The van der Waals surface area contributed by atoms with E-state index in [9.17, 15) is 19.5 Å². The van der Waals surface area contributed by atoms with E-state index in [4.69, 9.17) is 5.73 Å². The zero-order valence-corrected chi connectivity index (χ0v) is 20.9. The number of hydrogen-bond acceptors (Lipinski definition) is 5. The van der Waals surface area contributed by atoms with E-state index in [-0.39, 0.29) is 23.4 Å². The van der Waals surface area contributed by atoms with Crippen LogP contribution in [0.25, 0.3) is 0 Å². The summed E-state index contributed by atoms with van der Waals surface area (Å²) in [7, 11) is 0.